The van der Waals surface area contributed by atoms with Gasteiger partial charge in [-0.2, -0.15) is 0 Å². The quantitative estimate of drug-likeness (QED) is 0.432. The Morgan fingerprint density at radius 2 is 1.50 bits per heavy atom. The number of halogens is 2. The van der Waals surface area contributed by atoms with Gasteiger partial charge in [0.1, 0.15) is 6.10 Å². The van der Waals surface area contributed by atoms with Crippen molar-refractivity contribution in [1.82, 2.24) is 5.32 Å². The number of ether oxygens (including phenoxy) is 1. The molecule has 0 saturated heterocycles. The molecule has 1 atom stereocenters. The second-order valence-electron chi connectivity index (χ2n) is 8.71. The van der Waals surface area contributed by atoms with Gasteiger partial charge in [0.15, 0.2) is 0 Å². The summed E-state index contributed by atoms with van der Waals surface area (Å²) in [5, 5.41) is 11.3. The van der Waals surface area contributed by atoms with Crippen LogP contribution in [0.2, 0.25) is 10.0 Å². The van der Waals surface area contributed by atoms with Crippen LogP contribution in [0.15, 0.2) is 48.5 Å². The molecule has 0 aliphatic heterocycles. The number of aliphatic carboxylic acids is 1. The molecule has 1 aliphatic rings. The Balaban J connectivity index is 0.000000837. The molecule has 190 valence electrons. The van der Waals surface area contributed by atoms with Crippen LogP contribution in [0.25, 0.3) is 0 Å². The maximum atomic E-state index is 11.8. The molecule has 34 heavy (non-hydrogen) atoms. The first-order valence-corrected chi connectivity index (χ1v) is 12.3. The Morgan fingerprint density at radius 1 is 1.03 bits per heavy atom. The van der Waals surface area contributed by atoms with Crippen LogP contribution >= 0.6 is 23.2 Å². The standard InChI is InChI=1S/C18H17Cl2NO2.C4H10.C3H8.C2H4O2/c1-21-17(22)23-16(12-5-7-14(19)8-6-12)18(9-10-18)13-3-2-4-15(20)11-13;1-4(2)3;1-3-2;1-2(3)4/h2-8,11,16H,9-10H2,1H3,(H,21,22);4H,1-3H3;3H2,1-2H3;1H3,(H,3,4). The highest BCUT2D eigenvalue weighted by molar-refractivity contribution is 6.30. The molecule has 1 aliphatic carbocycles. The van der Waals surface area contributed by atoms with Gasteiger partial charge in [-0.05, 0) is 54.2 Å². The van der Waals surface area contributed by atoms with E-state index in [1.165, 1.54) is 6.42 Å². The van der Waals surface area contributed by atoms with Gasteiger partial charge in [-0.15, -0.1) is 0 Å². The molecular weight excluding hydrogens is 473 g/mol. The first-order chi connectivity index (χ1) is 15.9. The van der Waals surface area contributed by atoms with Gasteiger partial charge in [0.05, 0.1) is 0 Å². The minimum atomic E-state index is -0.833. The van der Waals surface area contributed by atoms with Crippen LogP contribution in [0.1, 0.15) is 78.0 Å². The number of hydrogen-bond donors (Lipinski definition) is 2. The van der Waals surface area contributed by atoms with E-state index in [1.54, 1.807) is 7.05 Å². The van der Waals surface area contributed by atoms with E-state index in [0.717, 1.165) is 36.8 Å². The molecule has 2 N–H and O–H groups in total. The summed E-state index contributed by atoms with van der Waals surface area (Å²) in [5.74, 6) is 0. The summed E-state index contributed by atoms with van der Waals surface area (Å²) in [7, 11) is 1.56. The largest absolute Gasteiger partial charge is 0.481 e. The smallest absolute Gasteiger partial charge is 0.407 e. The molecule has 5 nitrogen and oxygen atoms in total. The third-order valence-electron chi connectivity index (χ3n) is 4.29. The van der Waals surface area contributed by atoms with E-state index < -0.39 is 12.1 Å². The zero-order valence-electron chi connectivity index (χ0n) is 21.3. The zero-order valence-corrected chi connectivity index (χ0v) is 22.8. The monoisotopic (exact) mass is 511 g/mol. The van der Waals surface area contributed by atoms with Gasteiger partial charge in [-0.1, -0.05) is 88.5 Å². The van der Waals surface area contributed by atoms with Crippen LogP contribution in [0.3, 0.4) is 0 Å². The van der Waals surface area contributed by atoms with Crippen LogP contribution in [0.5, 0.6) is 0 Å². The second-order valence-corrected chi connectivity index (χ2v) is 9.58. The molecule has 0 spiro atoms. The van der Waals surface area contributed by atoms with Crippen molar-refractivity contribution in [2.45, 2.75) is 72.3 Å². The summed E-state index contributed by atoms with van der Waals surface area (Å²) in [4.78, 5) is 20.8. The topological polar surface area (TPSA) is 75.6 Å². The van der Waals surface area contributed by atoms with Gasteiger partial charge < -0.3 is 15.2 Å². The summed E-state index contributed by atoms with van der Waals surface area (Å²) in [5.41, 5.74) is 1.79. The lowest BCUT2D eigenvalue weighted by Crippen LogP contribution is -2.29. The van der Waals surface area contributed by atoms with E-state index in [-0.39, 0.29) is 11.5 Å². The first kappa shape index (κ1) is 31.8. The van der Waals surface area contributed by atoms with Crippen molar-refractivity contribution in [2.75, 3.05) is 7.05 Å². The molecule has 0 radical (unpaired) electrons. The minimum Gasteiger partial charge on any atom is -0.481 e. The van der Waals surface area contributed by atoms with Crippen molar-refractivity contribution < 1.29 is 19.4 Å². The van der Waals surface area contributed by atoms with E-state index in [2.05, 4.69) is 39.9 Å². The summed E-state index contributed by atoms with van der Waals surface area (Å²) >= 11 is 12.1. The molecule has 0 aromatic heterocycles. The SMILES string of the molecule is CC(=O)O.CC(C)C.CCC.CNC(=O)OC(c1ccc(Cl)cc1)C1(c2cccc(Cl)c2)CC1. The number of carboxylic acid groups (broad SMARTS) is 1. The van der Waals surface area contributed by atoms with Crippen LogP contribution in [0.4, 0.5) is 4.79 Å². The highest BCUT2D eigenvalue weighted by Crippen LogP contribution is 2.58. The molecule has 1 unspecified atom stereocenters. The van der Waals surface area contributed by atoms with Gasteiger partial charge >= 0.3 is 6.09 Å². The number of benzene rings is 2. The Morgan fingerprint density at radius 3 is 1.88 bits per heavy atom. The van der Waals surface area contributed by atoms with Crippen LogP contribution in [0, 0.1) is 5.92 Å². The predicted octanol–water partition coefficient (Wildman–Crippen LogP) is 8.29. The number of carbonyl (C=O) groups is 2. The number of alkyl carbamates (subject to hydrolysis) is 1. The number of carboxylic acids is 1. The number of hydrogen-bond acceptors (Lipinski definition) is 3. The number of carbonyl (C=O) groups excluding carboxylic acids is 1. The van der Waals surface area contributed by atoms with E-state index in [0.29, 0.717) is 10.0 Å². The summed E-state index contributed by atoms with van der Waals surface area (Å²) in [6.45, 7) is 11.8. The van der Waals surface area contributed by atoms with Crippen molar-refractivity contribution in [3.63, 3.8) is 0 Å². The number of nitrogens with one attached hydrogen (secondary N) is 1. The maximum Gasteiger partial charge on any atom is 0.407 e. The Bertz CT molecular complexity index is 858. The first-order valence-electron chi connectivity index (χ1n) is 11.5. The van der Waals surface area contributed by atoms with Gasteiger partial charge in [0.25, 0.3) is 5.97 Å². The molecule has 1 fully saturated rings. The summed E-state index contributed by atoms with van der Waals surface area (Å²) < 4.78 is 5.71. The fraction of sp³-hybridized carbons (Fsp3) is 0.481. The van der Waals surface area contributed by atoms with Crippen molar-refractivity contribution in [2.24, 2.45) is 5.92 Å². The molecule has 0 heterocycles. The average Bonchev–Trinajstić information content (AvgIpc) is 3.54. The number of amides is 1. The lowest BCUT2D eigenvalue weighted by atomic mass is 9.86. The van der Waals surface area contributed by atoms with E-state index in [4.69, 9.17) is 37.8 Å². The summed E-state index contributed by atoms with van der Waals surface area (Å²) in [6, 6.07) is 15.2. The molecule has 7 heteroatoms. The van der Waals surface area contributed by atoms with Crippen LogP contribution < -0.4 is 5.32 Å². The zero-order chi connectivity index (χ0) is 26.3. The van der Waals surface area contributed by atoms with Crippen molar-refractivity contribution in [1.29, 1.82) is 0 Å². The molecule has 2 aromatic rings. The van der Waals surface area contributed by atoms with Gasteiger partial charge in [0, 0.05) is 29.4 Å². The molecule has 3 rings (SSSR count). The van der Waals surface area contributed by atoms with Gasteiger partial charge in [-0.3, -0.25) is 4.79 Å². The van der Waals surface area contributed by atoms with Crippen molar-refractivity contribution in [3.8, 4) is 0 Å². The van der Waals surface area contributed by atoms with E-state index in [9.17, 15) is 4.79 Å². The van der Waals surface area contributed by atoms with Gasteiger partial charge in [-0.25, -0.2) is 4.79 Å². The molecular formula is C27H39Cl2NO4. The van der Waals surface area contributed by atoms with Crippen molar-refractivity contribution >= 4 is 35.3 Å². The molecule has 1 saturated carbocycles. The third-order valence-corrected chi connectivity index (χ3v) is 4.78. The lowest BCUT2D eigenvalue weighted by molar-refractivity contribution is -0.134. The molecule has 0 bridgehead atoms. The van der Waals surface area contributed by atoms with E-state index >= 15 is 0 Å². The fourth-order valence-electron chi connectivity index (χ4n) is 2.94. The average molecular weight is 513 g/mol. The molecule has 1 amide bonds. The Labute approximate surface area is 214 Å². The van der Waals surface area contributed by atoms with Crippen LogP contribution in [-0.4, -0.2) is 24.2 Å². The highest BCUT2D eigenvalue weighted by Gasteiger charge is 2.53. The Hall–Kier alpha value is -2.24. The van der Waals surface area contributed by atoms with Crippen molar-refractivity contribution in [3.05, 3.63) is 69.7 Å². The third kappa shape index (κ3) is 12.3. The predicted molar refractivity (Wildman–Crippen MR) is 142 cm³/mol. The number of rotatable bonds is 4. The highest BCUT2D eigenvalue weighted by atomic mass is 35.5. The second kappa shape index (κ2) is 16.4. The lowest BCUT2D eigenvalue weighted by Gasteiger charge is -2.28. The maximum absolute atomic E-state index is 11.8. The van der Waals surface area contributed by atoms with Crippen LogP contribution in [-0.2, 0) is 14.9 Å². The summed E-state index contributed by atoms with van der Waals surface area (Å²) in [6.07, 6.45) is 2.31. The Kier molecular flexibility index (Phi) is 15.3. The fourth-order valence-corrected chi connectivity index (χ4v) is 3.25. The molecule has 2 aromatic carbocycles. The minimum absolute atomic E-state index is 0.231. The van der Waals surface area contributed by atoms with Gasteiger partial charge in [0.2, 0.25) is 0 Å². The normalized spacial score (nSPS) is 13.5. The van der Waals surface area contributed by atoms with E-state index in [1.807, 2.05) is 48.5 Å².